The van der Waals surface area contributed by atoms with Gasteiger partial charge in [-0.05, 0) is 26.1 Å². The van der Waals surface area contributed by atoms with Gasteiger partial charge in [-0.15, -0.1) is 0 Å². The molecule has 0 aliphatic rings. The van der Waals surface area contributed by atoms with Crippen LogP contribution in [-0.2, 0) is 5.92 Å². The Bertz CT molecular complexity index is 325. The first-order valence-electron chi connectivity index (χ1n) is 4.77. The van der Waals surface area contributed by atoms with E-state index in [0.717, 1.165) is 12.1 Å². The first-order chi connectivity index (χ1) is 6.95. The third-order valence-corrected chi connectivity index (χ3v) is 2.30. The van der Waals surface area contributed by atoms with Crippen LogP contribution in [0.3, 0.4) is 0 Å². The molecule has 1 N–H and O–H groups in total. The van der Waals surface area contributed by atoms with Crippen LogP contribution in [-0.4, -0.2) is 13.1 Å². The maximum Gasteiger partial charge on any atom is 0.274 e. The number of halogens is 3. The Morgan fingerprint density at radius 1 is 1.40 bits per heavy atom. The van der Waals surface area contributed by atoms with Crippen molar-refractivity contribution in [2.75, 3.05) is 7.05 Å². The molecule has 1 rings (SSSR count). The molecule has 0 saturated heterocycles. The maximum atomic E-state index is 13.6. The lowest BCUT2D eigenvalue weighted by Crippen LogP contribution is -2.29. The van der Waals surface area contributed by atoms with Gasteiger partial charge >= 0.3 is 0 Å². The summed E-state index contributed by atoms with van der Waals surface area (Å²) in [6, 6.07) is 4.25. The van der Waals surface area contributed by atoms with Crippen LogP contribution in [0.25, 0.3) is 0 Å². The second kappa shape index (κ2) is 4.66. The zero-order valence-corrected chi connectivity index (χ0v) is 8.73. The first kappa shape index (κ1) is 12.0. The van der Waals surface area contributed by atoms with Gasteiger partial charge in [-0.3, -0.25) is 0 Å². The van der Waals surface area contributed by atoms with E-state index in [4.69, 9.17) is 0 Å². The molecule has 1 aromatic carbocycles. The van der Waals surface area contributed by atoms with Gasteiger partial charge in [0.15, 0.2) is 0 Å². The zero-order valence-electron chi connectivity index (χ0n) is 8.73. The highest BCUT2D eigenvalue weighted by atomic mass is 19.3. The lowest BCUT2D eigenvalue weighted by atomic mass is 10.0. The fourth-order valence-electron chi connectivity index (χ4n) is 1.32. The second-order valence-electron chi connectivity index (χ2n) is 3.61. The molecule has 0 aromatic heterocycles. The van der Waals surface area contributed by atoms with Crippen molar-refractivity contribution in [1.82, 2.24) is 5.32 Å². The van der Waals surface area contributed by atoms with Crippen molar-refractivity contribution < 1.29 is 13.2 Å². The van der Waals surface area contributed by atoms with Crippen LogP contribution >= 0.6 is 0 Å². The number of rotatable bonds is 4. The molecule has 0 spiro atoms. The Morgan fingerprint density at radius 2 is 2.07 bits per heavy atom. The lowest BCUT2D eigenvalue weighted by Gasteiger charge is -2.20. The summed E-state index contributed by atoms with van der Waals surface area (Å²) in [6.07, 6.45) is -0.340. The van der Waals surface area contributed by atoms with E-state index in [1.165, 1.54) is 12.1 Å². The van der Waals surface area contributed by atoms with Crippen molar-refractivity contribution >= 4 is 0 Å². The molecule has 84 valence electrons. The Kier molecular flexibility index (Phi) is 3.74. The summed E-state index contributed by atoms with van der Waals surface area (Å²) in [5.41, 5.74) is -0.274. The molecule has 0 bridgehead atoms. The summed E-state index contributed by atoms with van der Waals surface area (Å²) >= 11 is 0. The van der Waals surface area contributed by atoms with Crippen LogP contribution in [0.15, 0.2) is 24.3 Å². The predicted molar refractivity (Wildman–Crippen MR) is 53.4 cm³/mol. The van der Waals surface area contributed by atoms with Crippen LogP contribution in [0.1, 0.15) is 18.9 Å². The van der Waals surface area contributed by atoms with E-state index in [-0.39, 0.29) is 18.0 Å². The molecule has 0 radical (unpaired) electrons. The monoisotopic (exact) mass is 217 g/mol. The van der Waals surface area contributed by atoms with Crippen molar-refractivity contribution in [3.8, 4) is 0 Å². The van der Waals surface area contributed by atoms with Crippen molar-refractivity contribution in [3.05, 3.63) is 35.6 Å². The van der Waals surface area contributed by atoms with Crippen LogP contribution in [0, 0.1) is 5.82 Å². The second-order valence-corrected chi connectivity index (χ2v) is 3.61. The van der Waals surface area contributed by atoms with Gasteiger partial charge in [0.05, 0.1) is 0 Å². The van der Waals surface area contributed by atoms with Crippen molar-refractivity contribution in [1.29, 1.82) is 0 Å². The van der Waals surface area contributed by atoms with Crippen molar-refractivity contribution in [2.24, 2.45) is 0 Å². The molecular weight excluding hydrogens is 203 g/mol. The molecule has 1 nitrogen and oxygen atoms in total. The van der Waals surface area contributed by atoms with Crippen LogP contribution in [0.2, 0.25) is 0 Å². The minimum Gasteiger partial charge on any atom is -0.317 e. The molecule has 15 heavy (non-hydrogen) atoms. The Hall–Kier alpha value is -1.03. The Labute approximate surface area is 87.3 Å². The van der Waals surface area contributed by atoms with Gasteiger partial charge in [-0.1, -0.05) is 12.1 Å². The average molecular weight is 217 g/mol. The van der Waals surface area contributed by atoms with Gasteiger partial charge in [0.25, 0.3) is 5.92 Å². The standard InChI is InChI=1S/C11H14F3N/c1-8(15-2)7-11(13,14)9-4-3-5-10(12)6-9/h3-6,8,15H,7H2,1-2H3. The highest BCUT2D eigenvalue weighted by Crippen LogP contribution is 2.32. The summed E-state index contributed by atoms with van der Waals surface area (Å²) in [4.78, 5) is 0. The molecule has 0 saturated carbocycles. The predicted octanol–water partition coefficient (Wildman–Crippen LogP) is 2.92. The van der Waals surface area contributed by atoms with E-state index >= 15 is 0 Å². The molecule has 1 atom stereocenters. The van der Waals surface area contributed by atoms with Gasteiger partial charge in [-0.2, -0.15) is 0 Å². The average Bonchev–Trinajstić information content (AvgIpc) is 2.17. The van der Waals surface area contributed by atoms with E-state index < -0.39 is 11.7 Å². The number of hydrogen-bond donors (Lipinski definition) is 1. The summed E-state index contributed by atoms with van der Waals surface area (Å²) in [5.74, 6) is -3.63. The third kappa shape index (κ3) is 3.23. The highest BCUT2D eigenvalue weighted by Gasteiger charge is 2.33. The summed E-state index contributed by atoms with van der Waals surface area (Å²) < 4.78 is 39.9. The Balaban J connectivity index is 2.85. The highest BCUT2D eigenvalue weighted by molar-refractivity contribution is 5.21. The quantitative estimate of drug-likeness (QED) is 0.817. The van der Waals surface area contributed by atoms with Gasteiger partial charge in [0, 0.05) is 18.0 Å². The number of benzene rings is 1. The number of hydrogen-bond acceptors (Lipinski definition) is 1. The lowest BCUT2D eigenvalue weighted by molar-refractivity contribution is -0.0209. The summed E-state index contributed by atoms with van der Waals surface area (Å²) in [7, 11) is 1.62. The first-order valence-corrected chi connectivity index (χ1v) is 4.77. The largest absolute Gasteiger partial charge is 0.317 e. The summed E-state index contributed by atoms with van der Waals surface area (Å²) in [6.45, 7) is 1.66. The molecule has 0 aliphatic carbocycles. The fraction of sp³-hybridized carbons (Fsp3) is 0.455. The molecule has 0 fully saturated rings. The Morgan fingerprint density at radius 3 is 2.60 bits per heavy atom. The van der Waals surface area contributed by atoms with E-state index in [9.17, 15) is 13.2 Å². The fourth-order valence-corrected chi connectivity index (χ4v) is 1.32. The molecule has 4 heteroatoms. The minimum atomic E-state index is -3.00. The minimum absolute atomic E-state index is 0.274. The molecular formula is C11H14F3N. The molecule has 0 aliphatic heterocycles. The smallest absolute Gasteiger partial charge is 0.274 e. The van der Waals surface area contributed by atoms with Crippen LogP contribution in [0.5, 0.6) is 0 Å². The van der Waals surface area contributed by atoms with Crippen molar-refractivity contribution in [2.45, 2.75) is 25.3 Å². The molecule has 0 heterocycles. The van der Waals surface area contributed by atoms with Gasteiger partial charge in [0.1, 0.15) is 5.82 Å². The third-order valence-electron chi connectivity index (χ3n) is 2.30. The molecule has 0 amide bonds. The zero-order chi connectivity index (χ0) is 11.5. The van der Waals surface area contributed by atoms with E-state index in [2.05, 4.69) is 5.32 Å². The number of alkyl halides is 2. The molecule has 1 unspecified atom stereocenters. The summed E-state index contributed by atoms with van der Waals surface area (Å²) in [5, 5.41) is 2.73. The topological polar surface area (TPSA) is 12.0 Å². The maximum absolute atomic E-state index is 13.6. The normalized spacial score (nSPS) is 13.9. The van der Waals surface area contributed by atoms with Gasteiger partial charge in [0.2, 0.25) is 0 Å². The van der Waals surface area contributed by atoms with Gasteiger partial charge in [-0.25, -0.2) is 13.2 Å². The van der Waals surface area contributed by atoms with E-state index in [1.807, 2.05) is 0 Å². The van der Waals surface area contributed by atoms with Crippen LogP contribution < -0.4 is 5.32 Å². The van der Waals surface area contributed by atoms with E-state index in [1.54, 1.807) is 14.0 Å². The van der Waals surface area contributed by atoms with Crippen LogP contribution in [0.4, 0.5) is 13.2 Å². The van der Waals surface area contributed by atoms with E-state index in [0.29, 0.717) is 0 Å². The van der Waals surface area contributed by atoms with Gasteiger partial charge < -0.3 is 5.32 Å². The molecule has 1 aromatic rings. The van der Waals surface area contributed by atoms with Crippen molar-refractivity contribution in [3.63, 3.8) is 0 Å². The number of nitrogens with one attached hydrogen (secondary N) is 1. The SMILES string of the molecule is CNC(C)CC(F)(F)c1cccc(F)c1.